The quantitative estimate of drug-likeness (QED) is 0.109. The molecule has 6 aromatic heterocycles. The molecule has 2 saturated carbocycles. The Labute approximate surface area is 358 Å². The molecule has 0 aromatic carbocycles. The SMILES string of the molecule is C=Cc1cccnc1.CC.COc1ccc(C2C[C@@H]2COc2nc(C)ncc2/C=C/c2cccnc2)nc1.COc1ccc(C2C[C@@H]2COc2nc(C)ncc2Br)nc1.[3H][3H]. The monoisotopic (exact) mass is 864 g/mol. The van der Waals surface area contributed by atoms with E-state index < -0.39 is 0 Å². The van der Waals surface area contributed by atoms with Crippen molar-refractivity contribution in [3.8, 4) is 23.3 Å². The Morgan fingerprint density at radius 2 is 1.20 bits per heavy atom. The maximum Gasteiger partial charge on any atom is 0.231 e. The van der Waals surface area contributed by atoms with Gasteiger partial charge >= 0.3 is 0 Å². The van der Waals surface area contributed by atoms with Gasteiger partial charge in [-0.3, -0.25) is 19.9 Å². The van der Waals surface area contributed by atoms with E-state index in [1.807, 2.05) is 94.6 Å². The summed E-state index contributed by atoms with van der Waals surface area (Å²) in [6.07, 6.45) is 22.0. The zero-order valence-corrected chi connectivity index (χ0v) is 36.0. The summed E-state index contributed by atoms with van der Waals surface area (Å²) in [6, 6.07) is 15.7. The number of rotatable bonds is 13. The molecule has 8 rings (SSSR count). The first kappa shape index (κ1) is 42.5. The molecule has 0 aliphatic heterocycles. The van der Waals surface area contributed by atoms with Crippen LogP contribution in [-0.2, 0) is 0 Å². The number of halogens is 1. The number of pyridine rings is 4. The maximum atomic E-state index is 6.06. The lowest BCUT2D eigenvalue weighted by Gasteiger charge is -2.09. The molecule has 0 spiro atoms. The minimum atomic E-state index is 0.434. The molecule has 2 aliphatic rings. The largest absolute Gasteiger partial charge is 0.495 e. The van der Waals surface area contributed by atoms with Gasteiger partial charge in [0.15, 0.2) is 0 Å². The third-order valence-electron chi connectivity index (χ3n) is 9.26. The van der Waals surface area contributed by atoms with Crippen molar-refractivity contribution in [2.45, 2.75) is 52.4 Å². The fourth-order valence-corrected chi connectivity index (χ4v) is 6.11. The number of ether oxygens (including phenoxy) is 4. The van der Waals surface area contributed by atoms with Gasteiger partial charge in [0.05, 0.1) is 49.9 Å². The van der Waals surface area contributed by atoms with Crippen LogP contribution < -0.4 is 18.9 Å². The summed E-state index contributed by atoms with van der Waals surface area (Å²) in [5, 5.41) is 0. The van der Waals surface area contributed by atoms with Crippen LogP contribution in [0.1, 0.15) is 81.2 Å². The van der Waals surface area contributed by atoms with Crippen molar-refractivity contribution in [2.75, 3.05) is 27.4 Å². The molecule has 4 atom stereocenters. The molecule has 0 amide bonds. The van der Waals surface area contributed by atoms with Crippen LogP contribution in [0.2, 0.25) is 0 Å². The lowest BCUT2D eigenvalue weighted by atomic mass is 10.2. The van der Waals surface area contributed by atoms with Gasteiger partial charge in [0.2, 0.25) is 11.8 Å². The highest BCUT2D eigenvalue weighted by Crippen LogP contribution is 2.48. The van der Waals surface area contributed by atoms with Crippen molar-refractivity contribution in [2.24, 2.45) is 11.8 Å². The molecule has 2 aliphatic carbocycles. The highest BCUT2D eigenvalue weighted by atomic mass is 79.9. The van der Waals surface area contributed by atoms with E-state index in [2.05, 4.69) is 62.4 Å². The molecular weight excluding hydrogens is 808 g/mol. The van der Waals surface area contributed by atoms with Gasteiger partial charge in [0.25, 0.3) is 0 Å². The third kappa shape index (κ3) is 13.8. The molecule has 308 valence electrons. The molecule has 13 heteroatoms. The summed E-state index contributed by atoms with van der Waals surface area (Å²) < 4.78 is 32.9. The van der Waals surface area contributed by atoms with Crippen LogP contribution in [0, 0.1) is 25.7 Å². The second-order valence-electron chi connectivity index (χ2n) is 13.4. The fraction of sp³-hybridized carbons (Fsp3) is 0.304. The topological polar surface area (TPSA) is 140 Å². The molecule has 0 saturated heterocycles. The zero-order valence-electron chi connectivity index (χ0n) is 36.4. The predicted molar refractivity (Wildman–Crippen MR) is 236 cm³/mol. The first-order valence-corrected chi connectivity index (χ1v) is 20.3. The Morgan fingerprint density at radius 3 is 1.68 bits per heavy atom. The van der Waals surface area contributed by atoms with Crippen LogP contribution in [0.25, 0.3) is 18.2 Å². The van der Waals surface area contributed by atoms with Crippen molar-refractivity contribution in [1.29, 1.82) is 0 Å². The molecule has 12 nitrogen and oxygen atoms in total. The number of hydrogen-bond donors (Lipinski definition) is 0. The Kier molecular flexibility index (Phi) is 16.4. The second kappa shape index (κ2) is 22.8. The summed E-state index contributed by atoms with van der Waals surface area (Å²) >= 11 is 3.40. The number of methoxy groups -OCH3 is 2. The van der Waals surface area contributed by atoms with E-state index in [-0.39, 0.29) is 0 Å². The van der Waals surface area contributed by atoms with Crippen molar-refractivity contribution in [3.63, 3.8) is 0 Å². The fourth-order valence-electron chi connectivity index (χ4n) is 5.81. The zero-order chi connectivity index (χ0) is 44.0. The smallest absolute Gasteiger partial charge is 0.231 e. The van der Waals surface area contributed by atoms with Gasteiger partial charge in [0.1, 0.15) is 23.1 Å². The van der Waals surface area contributed by atoms with Gasteiger partial charge in [-0.2, -0.15) is 9.97 Å². The first-order valence-electron chi connectivity index (χ1n) is 20.5. The summed E-state index contributed by atoms with van der Waals surface area (Å²) in [6.45, 7) is 12.6. The summed E-state index contributed by atoms with van der Waals surface area (Å²) in [5.74, 6) is 6.03. The third-order valence-corrected chi connectivity index (χ3v) is 9.80. The predicted octanol–water partition coefficient (Wildman–Crippen LogP) is 10.1. The van der Waals surface area contributed by atoms with Gasteiger partial charge < -0.3 is 18.9 Å². The van der Waals surface area contributed by atoms with E-state index in [4.69, 9.17) is 21.9 Å². The molecule has 0 N–H and O–H groups in total. The summed E-state index contributed by atoms with van der Waals surface area (Å²) in [4.78, 5) is 34.1. The number of aryl methyl sites for hydroxylation is 2. The van der Waals surface area contributed by atoms with Crippen LogP contribution in [0.3, 0.4) is 0 Å². The van der Waals surface area contributed by atoms with E-state index >= 15 is 0 Å². The van der Waals surface area contributed by atoms with E-state index in [1.165, 1.54) is 0 Å². The first-order chi connectivity index (χ1) is 29.8. The van der Waals surface area contributed by atoms with Crippen molar-refractivity contribution < 1.29 is 21.9 Å². The van der Waals surface area contributed by atoms with Gasteiger partial charge in [-0.05, 0) is 96.2 Å². The number of nitrogens with zero attached hydrogens (tertiary/aromatic N) is 8. The van der Waals surface area contributed by atoms with Crippen LogP contribution in [0.5, 0.6) is 23.3 Å². The van der Waals surface area contributed by atoms with E-state index in [0.717, 1.165) is 56.9 Å². The number of hydrogen-bond acceptors (Lipinski definition) is 12. The van der Waals surface area contributed by atoms with Crippen molar-refractivity contribution in [3.05, 3.63) is 149 Å². The molecule has 6 aromatic rings. The molecule has 2 unspecified atom stereocenters. The number of aromatic nitrogens is 8. The minimum Gasteiger partial charge on any atom is -0.495 e. The van der Waals surface area contributed by atoms with Crippen LogP contribution in [0.15, 0.2) is 109 Å². The molecular formula is C46H53BrN8O4. The van der Waals surface area contributed by atoms with Crippen LogP contribution in [0.4, 0.5) is 0 Å². The normalized spacial score (nSPS) is 17.2. The summed E-state index contributed by atoms with van der Waals surface area (Å²) in [7, 11) is 3.29. The second-order valence-corrected chi connectivity index (χ2v) is 14.3. The summed E-state index contributed by atoms with van der Waals surface area (Å²) in [5.41, 5.74) is 5.12. The minimum absolute atomic E-state index is 0.434. The Bertz CT molecular complexity index is 2220. The molecule has 59 heavy (non-hydrogen) atoms. The standard InChI is InChI=1S/C22H22N4O2.C15H16BrN3O2.C7H7N.C2H6.H2/c1-15-24-12-17(6-5-16-4-3-9-23-11-16)22(26-15)28-14-18-10-20(18)21-8-7-19(27-2)13-25-21;1-9-17-7-13(16)15(19-9)21-8-10-5-12(10)14-4-3-11(20-2)6-18-14;1-2-7-4-3-5-8-6-7;1-2;/h3-9,11-13,18,20H,10,14H2,1-2H3;3-4,6-7,10,12H,5,8H2,1-2H3;2-6H,1H2;1-2H3;1H/b6-5+;;;;/t18-,20?;10-,12?;;;/m11.../s1/i;;;;1+2T. The van der Waals surface area contributed by atoms with Crippen LogP contribution in [-0.4, -0.2) is 67.3 Å². The molecule has 0 radical (unpaired) electrons. The van der Waals surface area contributed by atoms with E-state index in [9.17, 15) is 0 Å². The highest BCUT2D eigenvalue weighted by molar-refractivity contribution is 9.10. The molecule has 0 bridgehead atoms. The van der Waals surface area contributed by atoms with Crippen molar-refractivity contribution >= 4 is 34.2 Å². The highest BCUT2D eigenvalue weighted by Gasteiger charge is 2.41. The Morgan fingerprint density at radius 1 is 0.678 bits per heavy atom. The maximum absolute atomic E-state index is 6.06. The Balaban J connectivity index is 0.000000218. The van der Waals surface area contributed by atoms with Crippen LogP contribution >= 0.6 is 15.9 Å². The average molecular weight is 866 g/mol. The van der Waals surface area contributed by atoms with Crippen molar-refractivity contribution in [1.82, 2.24) is 39.9 Å². The molecule has 6 heterocycles. The average Bonchev–Trinajstić information content (AvgIpc) is 4.27. The Hall–Kier alpha value is -6.08. The lowest BCUT2D eigenvalue weighted by Crippen LogP contribution is -2.05. The van der Waals surface area contributed by atoms with E-state index in [1.54, 1.807) is 63.7 Å². The van der Waals surface area contributed by atoms with Gasteiger partial charge in [-0.15, -0.1) is 0 Å². The lowest BCUT2D eigenvalue weighted by molar-refractivity contribution is 0.282. The van der Waals surface area contributed by atoms with Gasteiger partial charge in [0, 0.05) is 75.2 Å². The van der Waals surface area contributed by atoms with Gasteiger partial charge in [-0.1, -0.05) is 44.7 Å². The van der Waals surface area contributed by atoms with Gasteiger partial charge in [-0.25, -0.2) is 9.97 Å². The van der Waals surface area contributed by atoms with E-state index in [0.29, 0.717) is 60.3 Å². The molecule has 2 fully saturated rings.